The quantitative estimate of drug-likeness (QED) is 0.490. The highest BCUT2D eigenvalue weighted by atomic mass is 16.6. The van der Waals surface area contributed by atoms with E-state index >= 15 is 0 Å². The first-order valence-corrected chi connectivity index (χ1v) is 7.37. The van der Waals surface area contributed by atoms with Crippen LogP contribution in [0.25, 0.3) is 12.2 Å². The molecule has 0 amide bonds. The number of nitro groups is 1. The molecule has 8 heteroatoms. The summed E-state index contributed by atoms with van der Waals surface area (Å²) < 4.78 is 9.60. The third-order valence-corrected chi connectivity index (χ3v) is 3.30. The summed E-state index contributed by atoms with van der Waals surface area (Å²) in [6.45, 7) is 1.88. The van der Waals surface area contributed by atoms with Gasteiger partial charge < -0.3 is 14.5 Å². The fourth-order valence-electron chi connectivity index (χ4n) is 2.09. The van der Waals surface area contributed by atoms with Crippen molar-refractivity contribution in [2.75, 3.05) is 13.7 Å². The molecule has 1 heterocycles. The van der Waals surface area contributed by atoms with E-state index in [-0.39, 0.29) is 23.6 Å². The van der Waals surface area contributed by atoms with Crippen LogP contribution in [0.1, 0.15) is 39.0 Å². The molecule has 0 aliphatic heterocycles. The fraction of sp³-hybridized carbons (Fsp3) is 0.176. The van der Waals surface area contributed by atoms with Gasteiger partial charge in [0.05, 0.1) is 29.9 Å². The third-order valence-electron chi connectivity index (χ3n) is 3.30. The number of rotatable bonds is 6. The van der Waals surface area contributed by atoms with Crippen molar-refractivity contribution in [3.8, 4) is 0 Å². The minimum atomic E-state index is -0.611. The van der Waals surface area contributed by atoms with Crippen LogP contribution in [0, 0.1) is 10.1 Å². The van der Waals surface area contributed by atoms with Gasteiger partial charge in [0.1, 0.15) is 5.69 Å². The molecule has 2 rings (SSSR count). The fourth-order valence-corrected chi connectivity index (χ4v) is 2.09. The predicted molar refractivity (Wildman–Crippen MR) is 90.1 cm³/mol. The maximum atomic E-state index is 12.0. The highest BCUT2D eigenvalue weighted by molar-refractivity contribution is 5.98. The molecule has 0 aliphatic rings. The van der Waals surface area contributed by atoms with E-state index in [9.17, 15) is 19.7 Å². The molecule has 0 bridgehead atoms. The molecule has 0 atom stereocenters. The Morgan fingerprint density at radius 3 is 2.44 bits per heavy atom. The maximum Gasteiger partial charge on any atom is 0.354 e. The van der Waals surface area contributed by atoms with Gasteiger partial charge in [0.2, 0.25) is 0 Å². The largest absolute Gasteiger partial charge is 0.464 e. The first-order valence-electron chi connectivity index (χ1n) is 7.37. The van der Waals surface area contributed by atoms with Crippen molar-refractivity contribution in [1.29, 1.82) is 0 Å². The van der Waals surface area contributed by atoms with Gasteiger partial charge in [-0.05, 0) is 36.8 Å². The topological polar surface area (TPSA) is 112 Å². The van der Waals surface area contributed by atoms with E-state index in [1.807, 2.05) is 0 Å². The van der Waals surface area contributed by atoms with Gasteiger partial charge in [0.15, 0.2) is 0 Å². The number of carbonyl (C=O) groups excluding carboxylic acids is 2. The summed E-state index contributed by atoms with van der Waals surface area (Å²) in [5, 5.41) is 10.7. The first kappa shape index (κ1) is 17.9. The van der Waals surface area contributed by atoms with Crippen molar-refractivity contribution >= 4 is 29.8 Å². The van der Waals surface area contributed by atoms with Crippen LogP contribution >= 0.6 is 0 Å². The number of nitrogens with one attached hydrogen (secondary N) is 1. The molecular formula is C17H16N2O6. The summed E-state index contributed by atoms with van der Waals surface area (Å²) >= 11 is 0. The minimum absolute atomic E-state index is 0.0165. The van der Waals surface area contributed by atoms with Crippen LogP contribution in [-0.2, 0) is 9.47 Å². The number of ether oxygens (including phenoxy) is 2. The zero-order valence-corrected chi connectivity index (χ0v) is 13.6. The van der Waals surface area contributed by atoms with Gasteiger partial charge >= 0.3 is 11.9 Å². The van der Waals surface area contributed by atoms with Crippen molar-refractivity contribution in [2.24, 2.45) is 0 Å². The summed E-state index contributed by atoms with van der Waals surface area (Å²) in [7, 11) is 1.24. The summed E-state index contributed by atoms with van der Waals surface area (Å²) in [6.07, 6.45) is 3.24. The summed E-state index contributed by atoms with van der Waals surface area (Å²) in [5.74, 6) is -1.18. The number of non-ortho nitro benzene ring substituents is 1. The van der Waals surface area contributed by atoms with Crippen LogP contribution in [0.15, 0.2) is 30.3 Å². The second-order valence-corrected chi connectivity index (χ2v) is 4.90. The second kappa shape index (κ2) is 7.91. The number of benzene rings is 1. The standard InChI is InChI=1S/C17H16N2O6/c1-3-25-16(20)13-10-15(17(21)24-2)18-14(13)9-6-11-4-7-12(8-5-11)19(22)23/h4-10,18H,3H2,1-2H3/b9-6+. The molecule has 0 unspecified atom stereocenters. The number of nitrogens with zero attached hydrogens (tertiary/aromatic N) is 1. The number of nitro benzene ring substituents is 1. The predicted octanol–water partition coefficient (Wildman–Crippen LogP) is 3.06. The van der Waals surface area contributed by atoms with E-state index in [4.69, 9.17) is 4.74 Å². The Bertz CT molecular complexity index is 820. The van der Waals surface area contributed by atoms with Crippen LogP contribution in [0.2, 0.25) is 0 Å². The summed E-state index contributed by atoms with van der Waals surface area (Å²) in [4.78, 5) is 36.6. The van der Waals surface area contributed by atoms with Gasteiger partial charge in [0.25, 0.3) is 5.69 Å². The number of aromatic amines is 1. The van der Waals surface area contributed by atoms with Gasteiger partial charge in [-0.3, -0.25) is 10.1 Å². The normalized spacial score (nSPS) is 10.6. The molecule has 1 aromatic heterocycles. The Morgan fingerprint density at radius 1 is 1.20 bits per heavy atom. The van der Waals surface area contributed by atoms with Crippen LogP contribution in [0.4, 0.5) is 5.69 Å². The highest BCUT2D eigenvalue weighted by Gasteiger charge is 2.18. The molecule has 0 radical (unpaired) electrons. The van der Waals surface area contributed by atoms with E-state index < -0.39 is 16.9 Å². The molecular weight excluding hydrogens is 328 g/mol. The second-order valence-electron chi connectivity index (χ2n) is 4.90. The molecule has 0 aliphatic carbocycles. The van der Waals surface area contributed by atoms with Crippen molar-refractivity contribution in [2.45, 2.75) is 6.92 Å². The SMILES string of the molecule is CCOC(=O)c1cc(C(=O)OC)[nH]c1/C=C/c1ccc([N+](=O)[O-])cc1. The van der Waals surface area contributed by atoms with Crippen molar-refractivity contribution < 1.29 is 24.0 Å². The summed E-state index contributed by atoms with van der Waals surface area (Å²) in [5.41, 5.74) is 1.36. The Hall–Kier alpha value is -3.42. The molecule has 0 fully saturated rings. The van der Waals surface area contributed by atoms with E-state index in [1.165, 1.54) is 25.3 Å². The molecule has 0 saturated heterocycles. The maximum absolute atomic E-state index is 12.0. The average molecular weight is 344 g/mol. The first-order chi connectivity index (χ1) is 12.0. The van der Waals surface area contributed by atoms with Crippen molar-refractivity contribution in [3.05, 3.63) is 63.0 Å². The van der Waals surface area contributed by atoms with Gasteiger partial charge in [-0.15, -0.1) is 0 Å². The average Bonchev–Trinajstić information content (AvgIpc) is 3.04. The van der Waals surface area contributed by atoms with E-state index in [1.54, 1.807) is 31.2 Å². The van der Waals surface area contributed by atoms with Crippen LogP contribution in [0.5, 0.6) is 0 Å². The van der Waals surface area contributed by atoms with Crippen LogP contribution in [-0.4, -0.2) is 35.6 Å². The minimum Gasteiger partial charge on any atom is -0.464 e. The van der Waals surface area contributed by atoms with Crippen molar-refractivity contribution in [1.82, 2.24) is 4.98 Å². The Morgan fingerprint density at radius 2 is 1.88 bits per heavy atom. The number of hydrogen-bond donors (Lipinski definition) is 1. The Labute approximate surface area is 143 Å². The lowest BCUT2D eigenvalue weighted by atomic mass is 10.1. The molecule has 1 N–H and O–H groups in total. The number of hydrogen-bond acceptors (Lipinski definition) is 6. The van der Waals surface area contributed by atoms with E-state index in [0.717, 1.165) is 0 Å². The number of aromatic nitrogens is 1. The molecule has 1 aromatic carbocycles. The smallest absolute Gasteiger partial charge is 0.354 e. The number of carbonyl (C=O) groups is 2. The molecule has 130 valence electrons. The van der Waals surface area contributed by atoms with Crippen LogP contribution in [0.3, 0.4) is 0 Å². The van der Waals surface area contributed by atoms with Gasteiger partial charge in [-0.1, -0.05) is 6.08 Å². The molecule has 25 heavy (non-hydrogen) atoms. The van der Waals surface area contributed by atoms with Gasteiger partial charge in [0, 0.05) is 12.1 Å². The molecule has 0 saturated carbocycles. The van der Waals surface area contributed by atoms with Crippen LogP contribution < -0.4 is 0 Å². The zero-order chi connectivity index (χ0) is 18.4. The van der Waals surface area contributed by atoms with Crippen molar-refractivity contribution in [3.63, 3.8) is 0 Å². The van der Waals surface area contributed by atoms with E-state index in [0.29, 0.717) is 11.3 Å². The Kier molecular flexibility index (Phi) is 5.67. The summed E-state index contributed by atoms with van der Waals surface area (Å²) in [6, 6.07) is 7.26. The molecule has 8 nitrogen and oxygen atoms in total. The number of H-pyrrole nitrogens is 1. The number of methoxy groups -OCH3 is 1. The monoisotopic (exact) mass is 344 g/mol. The Balaban J connectivity index is 2.32. The third kappa shape index (κ3) is 4.31. The lowest BCUT2D eigenvalue weighted by molar-refractivity contribution is -0.384. The number of esters is 2. The van der Waals surface area contributed by atoms with Gasteiger partial charge in [-0.2, -0.15) is 0 Å². The lowest BCUT2D eigenvalue weighted by Crippen LogP contribution is -2.05. The zero-order valence-electron chi connectivity index (χ0n) is 13.6. The lowest BCUT2D eigenvalue weighted by Gasteiger charge is -2.00. The molecule has 2 aromatic rings. The van der Waals surface area contributed by atoms with E-state index in [2.05, 4.69) is 9.72 Å². The molecule has 0 spiro atoms. The highest BCUT2D eigenvalue weighted by Crippen LogP contribution is 2.18. The van der Waals surface area contributed by atoms with Gasteiger partial charge in [-0.25, -0.2) is 9.59 Å².